The van der Waals surface area contributed by atoms with Gasteiger partial charge in [-0.15, -0.1) is 0 Å². The number of hydrogen-bond acceptors (Lipinski definition) is 2. The molecule has 0 saturated heterocycles. The van der Waals surface area contributed by atoms with Crippen molar-refractivity contribution >= 4 is 17.5 Å². The first kappa shape index (κ1) is 16.2. The lowest BCUT2D eigenvalue weighted by molar-refractivity contribution is -0.134. The third-order valence-electron chi connectivity index (χ3n) is 3.26. The predicted molar refractivity (Wildman–Crippen MR) is 81.6 cm³/mol. The van der Waals surface area contributed by atoms with Gasteiger partial charge in [0.15, 0.2) is 0 Å². The van der Waals surface area contributed by atoms with Gasteiger partial charge in [0.25, 0.3) is 0 Å². The van der Waals surface area contributed by atoms with Gasteiger partial charge in [0.2, 0.25) is 11.8 Å². The predicted octanol–water partition coefficient (Wildman–Crippen LogP) is 2.69. The van der Waals surface area contributed by atoms with Gasteiger partial charge < -0.3 is 9.80 Å². The lowest BCUT2D eigenvalue weighted by Gasteiger charge is -2.35. The minimum absolute atomic E-state index is 0.00620. The number of hydrogen-bond donors (Lipinski definition) is 0. The fourth-order valence-electron chi connectivity index (χ4n) is 2.14. The smallest absolute Gasteiger partial charge is 0.228 e. The standard InChI is InChI=1S/C16H24N2O2/c1-13(19)18(16(2,3)4)12-11-15(20)17(5)14-9-7-6-8-10-14/h6-10H,11-12H2,1-5H3. The van der Waals surface area contributed by atoms with Gasteiger partial charge in [0.1, 0.15) is 0 Å². The van der Waals surface area contributed by atoms with Crippen molar-refractivity contribution in [3.8, 4) is 0 Å². The van der Waals surface area contributed by atoms with Gasteiger partial charge in [0, 0.05) is 38.2 Å². The van der Waals surface area contributed by atoms with Crippen LogP contribution in [0.3, 0.4) is 0 Å². The van der Waals surface area contributed by atoms with Crippen LogP contribution in [-0.4, -0.2) is 35.8 Å². The molecule has 1 rings (SSSR count). The molecule has 0 saturated carbocycles. The Morgan fingerprint density at radius 1 is 1.10 bits per heavy atom. The highest BCUT2D eigenvalue weighted by atomic mass is 16.2. The summed E-state index contributed by atoms with van der Waals surface area (Å²) in [6.45, 7) is 7.89. The Hall–Kier alpha value is -1.84. The summed E-state index contributed by atoms with van der Waals surface area (Å²) in [5.74, 6) is -0.000589. The monoisotopic (exact) mass is 276 g/mol. The Morgan fingerprint density at radius 3 is 2.10 bits per heavy atom. The van der Waals surface area contributed by atoms with Crippen LogP contribution in [0.5, 0.6) is 0 Å². The Kier molecular flexibility index (Phi) is 5.31. The molecule has 0 atom stereocenters. The summed E-state index contributed by atoms with van der Waals surface area (Å²) in [5.41, 5.74) is 0.597. The molecule has 1 aromatic rings. The van der Waals surface area contributed by atoms with E-state index < -0.39 is 0 Å². The first-order valence-electron chi connectivity index (χ1n) is 6.83. The average Bonchev–Trinajstić information content (AvgIpc) is 2.36. The van der Waals surface area contributed by atoms with Crippen molar-refractivity contribution in [2.45, 2.75) is 39.7 Å². The number of carbonyl (C=O) groups excluding carboxylic acids is 2. The van der Waals surface area contributed by atoms with Gasteiger partial charge in [-0.05, 0) is 32.9 Å². The summed E-state index contributed by atoms with van der Waals surface area (Å²) in [4.78, 5) is 27.2. The number of amides is 2. The summed E-state index contributed by atoms with van der Waals surface area (Å²) in [5, 5.41) is 0. The molecule has 0 spiro atoms. The van der Waals surface area contributed by atoms with Crippen molar-refractivity contribution in [1.29, 1.82) is 0 Å². The SMILES string of the molecule is CC(=O)N(CCC(=O)N(C)c1ccccc1)C(C)(C)C. The molecule has 0 aliphatic rings. The van der Waals surface area contributed by atoms with E-state index in [1.165, 1.54) is 6.92 Å². The zero-order valence-corrected chi connectivity index (χ0v) is 13.0. The van der Waals surface area contributed by atoms with Crippen molar-refractivity contribution in [2.75, 3.05) is 18.5 Å². The molecule has 0 radical (unpaired) electrons. The van der Waals surface area contributed by atoms with Crippen LogP contribution in [0.4, 0.5) is 5.69 Å². The molecule has 0 unspecified atom stereocenters. The number of carbonyl (C=O) groups is 2. The van der Waals surface area contributed by atoms with E-state index in [4.69, 9.17) is 0 Å². The molecule has 4 nitrogen and oxygen atoms in total. The van der Waals surface area contributed by atoms with Crippen LogP contribution in [0.2, 0.25) is 0 Å². The minimum Gasteiger partial charge on any atom is -0.338 e. The van der Waals surface area contributed by atoms with Gasteiger partial charge in [0.05, 0.1) is 0 Å². The van der Waals surface area contributed by atoms with E-state index in [0.717, 1.165) is 5.69 Å². The lowest BCUT2D eigenvalue weighted by Crippen LogP contribution is -2.46. The Balaban J connectivity index is 2.65. The van der Waals surface area contributed by atoms with Crippen LogP contribution >= 0.6 is 0 Å². The number of para-hydroxylation sites is 1. The first-order valence-corrected chi connectivity index (χ1v) is 6.83. The van der Waals surface area contributed by atoms with E-state index in [1.54, 1.807) is 16.8 Å². The van der Waals surface area contributed by atoms with Crippen LogP contribution in [0.1, 0.15) is 34.1 Å². The molecular formula is C16H24N2O2. The van der Waals surface area contributed by atoms with Gasteiger partial charge in [-0.25, -0.2) is 0 Å². The zero-order valence-electron chi connectivity index (χ0n) is 13.0. The molecule has 0 aliphatic heterocycles. The fourth-order valence-corrected chi connectivity index (χ4v) is 2.14. The van der Waals surface area contributed by atoms with E-state index in [2.05, 4.69) is 0 Å². The molecule has 0 aromatic heterocycles. The molecule has 0 fully saturated rings. The minimum atomic E-state index is -0.266. The number of nitrogens with zero attached hydrogens (tertiary/aromatic N) is 2. The first-order chi connectivity index (χ1) is 9.23. The van der Waals surface area contributed by atoms with Gasteiger partial charge >= 0.3 is 0 Å². The van der Waals surface area contributed by atoms with Crippen molar-refractivity contribution in [1.82, 2.24) is 4.90 Å². The number of benzene rings is 1. The largest absolute Gasteiger partial charge is 0.338 e. The highest BCUT2D eigenvalue weighted by Crippen LogP contribution is 2.16. The summed E-state index contributed by atoms with van der Waals surface area (Å²) in [6, 6.07) is 9.50. The third-order valence-corrected chi connectivity index (χ3v) is 3.26. The van der Waals surface area contributed by atoms with E-state index >= 15 is 0 Å². The van der Waals surface area contributed by atoms with Crippen LogP contribution < -0.4 is 4.90 Å². The lowest BCUT2D eigenvalue weighted by atomic mass is 10.1. The van der Waals surface area contributed by atoms with Crippen LogP contribution in [0, 0.1) is 0 Å². The maximum absolute atomic E-state index is 12.2. The topological polar surface area (TPSA) is 40.6 Å². The Morgan fingerprint density at radius 2 is 1.65 bits per heavy atom. The number of anilines is 1. The van der Waals surface area contributed by atoms with E-state index in [9.17, 15) is 9.59 Å². The van der Waals surface area contributed by atoms with Crippen molar-refractivity contribution in [3.05, 3.63) is 30.3 Å². The number of rotatable bonds is 4. The quantitative estimate of drug-likeness (QED) is 0.848. The van der Waals surface area contributed by atoms with Crippen molar-refractivity contribution in [2.24, 2.45) is 0 Å². The average molecular weight is 276 g/mol. The van der Waals surface area contributed by atoms with Crippen molar-refractivity contribution in [3.63, 3.8) is 0 Å². The van der Waals surface area contributed by atoms with E-state index in [0.29, 0.717) is 13.0 Å². The third kappa shape index (κ3) is 4.37. The maximum atomic E-state index is 12.2. The van der Waals surface area contributed by atoms with Gasteiger partial charge in [-0.2, -0.15) is 0 Å². The summed E-state index contributed by atoms with van der Waals surface area (Å²) in [7, 11) is 1.76. The summed E-state index contributed by atoms with van der Waals surface area (Å²) >= 11 is 0. The van der Waals surface area contributed by atoms with E-state index in [1.807, 2.05) is 51.1 Å². The molecule has 0 heterocycles. The fraction of sp³-hybridized carbons (Fsp3) is 0.500. The Labute approximate surface area is 121 Å². The van der Waals surface area contributed by atoms with E-state index in [-0.39, 0.29) is 17.4 Å². The highest BCUT2D eigenvalue weighted by Gasteiger charge is 2.24. The molecule has 20 heavy (non-hydrogen) atoms. The molecule has 0 N–H and O–H groups in total. The van der Waals surface area contributed by atoms with Gasteiger partial charge in [-0.3, -0.25) is 9.59 Å². The molecule has 110 valence electrons. The van der Waals surface area contributed by atoms with Crippen LogP contribution in [0.15, 0.2) is 30.3 Å². The summed E-state index contributed by atoms with van der Waals surface area (Å²) < 4.78 is 0. The second kappa shape index (κ2) is 6.55. The Bertz CT molecular complexity index is 463. The van der Waals surface area contributed by atoms with Crippen LogP contribution in [-0.2, 0) is 9.59 Å². The second-order valence-electron chi connectivity index (χ2n) is 5.88. The summed E-state index contributed by atoms with van der Waals surface area (Å²) in [6.07, 6.45) is 0.322. The molecule has 0 aliphatic carbocycles. The molecule has 4 heteroatoms. The normalized spacial score (nSPS) is 11.1. The highest BCUT2D eigenvalue weighted by molar-refractivity contribution is 5.93. The van der Waals surface area contributed by atoms with Gasteiger partial charge in [-0.1, -0.05) is 18.2 Å². The van der Waals surface area contributed by atoms with Crippen molar-refractivity contribution < 1.29 is 9.59 Å². The molecule has 1 aromatic carbocycles. The zero-order chi connectivity index (χ0) is 15.3. The molecule has 0 bridgehead atoms. The van der Waals surface area contributed by atoms with Crippen LogP contribution in [0.25, 0.3) is 0 Å². The molecular weight excluding hydrogens is 252 g/mol. The second-order valence-corrected chi connectivity index (χ2v) is 5.88. The molecule has 2 amide bonds. The maximum Gasteiger partial charge on any atom is 0.228 e.